The summed E-state index contributed by atoms with van der Waals surface area (Å²) in [6, 6.07) is 21.0. The lowest BCUT2D eigenvalue weighted by molar-refractivity contribution is -0.228. The van der Waals surface area contributed by atoms with E-state index in [1.54, 1.807) is 7.11 Å². The van der Waals surface area contributed by atoms with Gasteiger partial charge in [-0.2, -0.15) is 0 Å². The number of nitrogens with one attached hydrogen (secondary N) is 2. The van der Waals surface area contributed by atoms with E-state index in [1.807, 2.05) is 87.3 Å². The molecule has 4 aromatic rings. The van der Waals surface area contributed by atoms with Gasteiger partial charge in [0.15, 0.2) is 11.9 Å². The zero-order valence-electron chi connectivity index (χ0n) is 43.5. The Bertz CT molecular complexity index is 2710. The first-order valence-corrected chi connectivity index (χ1v) is 25.7. The average Bonchev–Trinajstić information content (AvgIpc) is 4.12. The maximum Gasteiger partial charge on any atom is 0.344 e. The number of likely N-dealkylation sites (N-methyl/N-ethyl adjacent to an activating group) is 1. The molecule has 72 heavy (non-hydrogen) atoms. The molecule has 4 N–H and O–H groups in total. The molecule has 5 heterocycles. The molecule has 0 bridgehead atoms. The van der Waals surface area contributed by atoms with E-state index in [-0.39, 0.29) is 25.0 Å². The first-order chi connectivity index (χ1) is 34.5. The molecule has 1 saturated carbocycles. The van der Waals surface area contributed by atoms with Crippen LogP contribution >= 0.6 is 0 Å². The monoisotopic (exact) mass is 991 g/mol. The standard InChI is InChI=1S/C57H74N4O11/c1-10-53(35-70-52(4,5)72-53)32-38(34-62)22-25-55(50(64)68-8,46-40(39-20-15-16-21-43(39)59-46)23-27-58-33-37-18-13-12-14-19-37)42-30-41-44(31-45(42)67-7)60(6)48-56(41)26-29-61-28-17-24-54(11-2,47(56)61)49(71-36(3)63)57(48,66)51(65)69-9/h12-21,24,30-31,38,47-49,58-59,62,66H,10-11,22-23,25-29,32-35H2,1-9H3/t38-,47+,48-,49-,53-,54-,55+,56-,57+/m1/s1. The van der Waals surface area contributed by atoms with Crippen molar-refractivity contribution in [1.82, 2.24) is 15.2 Å². The summed E-state index contributed by atoms with van der Waals surface area (Å²) in [7, 11) is 6.10. The second-order valence-corrected chi connectivity index (χ2v) is 21.4. The fraction of sp³-hybridized carbons (Fsp3) is 0.561. The molecule has 4 aliphatic heterocycles. The number of aliphatic hydroxyl groups is 2. The van der Waals surface area contributed by atoms with Crippen LogP contribution in [0.25, 0.3) is 10.9 Å². The minimum absolute atomic E-state index is 0.164. The highest BCUT2D eigenvalue weighted by Gasteiger charge is 2.80. The number of aliphatic hydroxyl groups excluding tert-OH is 1. The van der Waals surface area contributed by atoms with E-state index in [9.17, 15) is 19.8 Å². The Morgan fingerprint density at radius 2 is 1.75 bits per heavy atom. The topological polar surface area (TPSA) is 181 Å². The van der Waals surface area contributed by atoms with Gasteiger partial charge in [0.05, 0.1) is 39.6 Å². The average molecular weight is 991 g/mol. The number of methoxy groups -OCH3 is 3. The fourth-order valence-corrected chi connectivity index (χ4v) is 14.3. The number of H-pyrrole nitrogens is 1. The first kappa shape index (κ1) is 51.6. The van der Waals surface area contributed by atoms with Gasteiger partial charge in [0, 0.05) is 84.5 Å². The van der Waals surface area contributed by atoms with Gasteiger partial charge in [-0.15, -0.1) is 0 Å². The van der Waals surface area contributed by atoms with E-state index < -0.39 is 63.3 Å². The molecule has 0 amide bonds. The van der Waals surface area contributed by atoms with Crippen LogP contribution in [-0.4, -0.2) is 134 Å². The van der Waals surface area contributed by atoms with Gasteiger partial charge in [0.2, 0.25) is 5.60 Å². The summed E-state index contributed by atoms with van der Waals surface area (Å²) < 4.78 is 37.0. The summed E-state index contributed by atoms with van der Waals surface area (Å²) in [6.45, 7) is 11.9. The minimum atomic E-state index is -2.35. The third-order valence-corrected chi connectivity index (χ3v) is 17.3. The van der Waals surface area contributed by atoms with Crippen molar-refractivity contribution >= 4 is 34.5 Å². The molecule has 9 rings (SSSR count). The molecule has 1 spiro atoms. The van der Waals surface area contributed by atoms with Gasteiger partial charge in [-0.1, -0.05) is 74.5 Å². The molecule has 15 heteroatoms. The number of hydrogen-bond donors (Lipinski definition) is 4. The lowest BCUT2D eigenvalue weighted by Crippen LogP contribution is -2.81. The lowest BCUT2D eigenvalue weighted by Gasteiger charge is -2.63. The molecule has 1 aliphatic carbocycles. The van der Waals surface area contributed by atoms with E-state index in [0.29, 0.717) is 94.0 Å². The van der Waals surface area contributed by atoms with Gasteiger partial charge in [0.25, 0.3) is 0 Å². The number of rotatable bonds is 19. The van der Waals surface area contributed by atoms with E-state index >= 15 is 4.79 Å². The molecule has 0 unspecified atom stereocenters. The third-order valence-electron chi connectivity index (χ3n) is 17.3. The van der Waals surface area contributed by atoms with Gasteiger partial charge >= 0.3 is 17.9 Å². The minimum Gasteiger partial charge on any atom is -0.496 e. The predicted molar refractivity (Wildman–Crippen MR) is 273 cm³/mol. The number of hydrogen-bond acceptors (Lipinski definition) is 14. The Morgan fingerprint density at radius 3 is 2.40 bits per heavy atom. The highest BCUT2D eigenvalue weighted by atomic mass is 16.8. The van der Waals surface area contributed by atoms with Crippen molar-refractivity contribution in [2.75, 3.05) is 66.1 Å². The second kappa shape index (κ2) is 19.5. The summed E-state index contributed by atoms with van der Waals surface area (Å²) in [5.41, 5.74) is -0.955. The normalized spacial score (nSPS) is 29.3. The van der Waals surface area contributed by atoms with Gasteiger partial charge in [-0.25, -0.2) is 4.79 Å². The Balaban J connectivity index is 1.28. The number of carbonyl (C=O) groups excluding carboxylic acids is 3. The van der Waals surface area contributed by atoms with Gasteiger partial charge in [-0.05, 0) is 107 Å². The number of aromatic nitrogens is 1. The number of carbonyl (C=O) groups is 3. The number of anilines is 1. The van der Waals surface area contributed by atoms with Crippen LogP contribution in [0.15, 0.2) is 78.9 Å². The van der Waals surface area contributed by atoms with Crippen molar-refractivity contribution < 1.29 is 53.0 Å². The van der Waals surface area contributed by atoms with Crippen LogP contribution in [0.4, 0.5) is 5.69 Å². The summed E-state index contributed by atoms with van der Waals surface area (Å²) in [5.74, 6) is -2.76. The maximum absolute atomic E-state index is 15.8. The van der Waals surface area contributed by atoms with Crippen LogP contribution < -0.4 is 15.0 Å². The largest absolute Gasteiger partial charge is 0.496 e. The number of aromatic amines is 1. The van der Waals surface area contributed by atoms with Crippen molar-refractivity contribution in [3.05, 3.63) is 107 Å². The fourth-order valence-electron chi connectivity index (χ4n) is 14.3. The van der Waals surface area contributed by atoms with Gasteiger partial charge in [-0.3, -0.25) is 14.5 Å². The van der Waals surface area contributed by atoms with E-state index in [0.717, 1.165) is 27.6 Å². The maximum atomic E-state index is 15.8. The number of nitrogens with zero attached hydrogens (tertiary/aromatic N) is 2. The van der Waals surface area contributed by atoms with E-state index in [2.05, 4.69) is 46.4 Å². The second-order valence-electron chi connectivity index (χ2n) is 21.4. The Morgan fingerprint density at radius 1 is 1.00 bits per heavy atom. The predicted octanol–water partition coefficient (Wildman–Crippen LogP) is 6.62. The van der Waals surface area contributed by atoms with Crippen LogP contribution in [0, 0.1) is 11.3 Å². The summed E-state index contributed by atoms with van der Waals surface area (Å²) in [4.78, 5) is 51.7. The number of ether oxygens (including phenoxy) is 6. The summed E-state index contributed by atoms with van der Waals surface area (Å²) in [6.07, 6.45) is 5.99. The van der Waals surface area contributed by atoms with Crippen molar-refractivity contribution in [1.29, 1.82) is 0 Å². The van der Waals surface area contributed by atoms with Crippen molar-refractivity contribution in [2.45, 2.75) is 132 Å². The van der Waals surface area contributed by atoms with E-state index in [4.69, 9.17) is 28.4 Å². The molecular weight excluding hydrogens is 917 g/mol. The zero-order valence-corrected chi connectivity index (χ0v) is 43.5. The van der Waals surface area contributed by atoms with E-state index in [1.165, 1.54) is 21.1 Å². The highest BCUT2D eigenvalue weighted by molar-refractivity contribution is 5.95. The lowest BCUT2D eigenvalue weighted by atomic mass is 9.47. The van der Waals surface area contributed by atoms with Gasteiger partial charge in [0.1, 0.15) is 11.2 Å². The smallest absolute Gasteiger partial charge is 0.344 e. The molecule has 388 valence electrons. The molecule has 2 saturated heterocycles. The van der Waals surface area contributed by atoms with Gasteiger partial charge < -0.3 is 53.8 Å². The van der Waals surface area contributed by atoms with Crippen LogP contribution in [0.3, 0.4) is 0 Å². The van der Waals surface area contributed by atoms with Crippen LogP contribution in [-0.2, 0) is 61.9 Å². The molecule has 0 radical (unpaired) electrons. The van der Waals surface area contributed by atoms with Crippen LogP contribution in [0.5, 0.6) is 5.75 Å². The molecule has 9 atom stereocenters. The number of esters is 3. The number of benzene rings is 3. The molecule has 15 nitrogen and oxygen atoms in total. The first-order valence-electron chi connectivity index (χ1n) is 25.7. The Hall–Kier alpha value is -5.29. The summed E-state index contributed by atoms with van der Waals surface area (Å²) in [5, 5.41) is 29.4. The van der Waals surface area contributed by atoms with Crippen LogP contribution in [0.1, 0.15) is 101 Å². The highest BCUT2D eigenvalue weighted by Crippen LogP contribution is 2.68. The Kier molecular flexibility index (Phi) is 14.0. The third kappa shape index (κ3) is 7.95. The van der Waals surface area contributed by atoms with Crippen LogP contribution in [0.2, 0.25) is 0 Å². The summed E-state index contributed by atoms with van der Waals surface area (Å²) >= 11 is 0. The SMILES string of the molecule is CC[C@@]1(C[C@H](CO)CC[C@](C(=O)OC)(c2cc3c(cc2OC)N(C)[C@H]2[C@@](O)(C(=O)OC)[C@H](OC(C)=O)[C@]4(CC)C=CCN5CC[C@]32[C@@H]54)c2[nH]c3ccccc3c2CCNCc2ccccc2)COC(C)(C)O1. The molecule has 3 aromatic carbocycles. The number of fused-ring (bicyclic) bond motifs is 2. The molecule has 3 fully saturated rings. The van der Waals surface area contributed by atoms with Crippen molar-refractivity contribution in [2.24, 2.45) is 11.3 Å². The van der Waals surface area contributed by atoms with Crippen molar-refractivity contribution in [3.8, 4) is 5.75 Å². The molecule has 1 aromatic heterocycles. The quantitative estimate of drug-likeness (QED) is 0.0341. The number of para-hydroxylation sites is 1. The Labute approximate surface area is 423 Å². The zero-order chi connectivity index (χ0) is 51.4. The van der Waals surface area contributed by atoms with Crippen molar-refractivity contribution in [3.63, 3.8) is 0 Å². The molecular formula is C57H74N4O11. The molecule has 5 aliphatic rings.